The number of aromatic nitrogens is 4. The molecule has 1 aromatic carbocycles. The van der Waals surface area contributed by atoms with E-state index in [9.17, 15) is 9.90 Å². The molecule has 0 spiro atoms. The average molecular weight is 467 g/mol. The van der Waals surface area contributed by atoms with Crippen LogP contribution in [0.1, 0.15) is 73.5 Å². The maximum Gasteiger partial charge on any atom is 0.336 e. The summed E-state index contributed by atoms with van der Waals surface area (Å²) < 4.78 is 13.4. The minimum absolute atomic E-state index is 0.230. The van der Waals surface area contributed by atoms with E-state index in [4.69, 9.17) is 19.6 Å². The van der Waals surface area contributed by atoms with Crippen molar-refractivity contribution >= 4 is 5.97 Å². The van der Waals surface area contributed by atoms with Gasteiger partial charge in [0.25, 0.3) is 0 Å². The van der Waals surface area contributed by atoms with Gasteiger partial charge in [-0.15, -0.1) is 5.10 Å². The number of carbonyl (C=O) groups is 1. The first-order valence-corrected chi connectivity index (χ1v) is 11.8. The minimum Gasteiger partial charge on any atom is -0.478 e. The van der Waals surface area contributed by atoms with E-state index in [-0.39, 0.29) is 5.56 Å². The molecule has 8 heteroatoms. The smallest absolute Gasteiger partial charge is 0.336 e. The Morgan fingerprint density at radius 3 is 2.41 bits per heavy atom. The van der Waals surface area contributed by atoms with Gasteiger partial charge in [-0.3, -0.25) is 4.98 Å². The average Bonchev–Trinajstić information content (AvgIpc) is 3.26. The molecule has 0 fully saturated rings. The number of ether oxygens (including phenoxy) is 2. The van der Waals surface area contributed by atoms with Crippen molar-refractivity contribution < 1.29 is 19.4 Å². The lowest BCUT2D eigenvalue weighted by Gasteiger charge is -2.27. The van der Waals surface area contributed by atoms with Crippen molar-refractivity contribution in [2.24, 2.45) is 0 Å². The SMILES string of the molecule is CCCCCc1nc(C(CCC)(OC)OC)nn1Cc1ccc(-c2cnccc2C(=O)O)cc1. The second-order valence-corrected chi connectivity index (χ2v) is 8.30. The molecule has 3 aromatic rings. The van der Waals surface area contributed by atoms with Crippen molar-refractivity contribution in [3.8, 4) is 11.1 Å². The number of unbranched alkanes of at least 4 members (excludes halogenated alkanes) is 2. The third-order valence-electron chi connectivity index (χ3n) is 5.98. The fourth-order valence-corrected chi connectivity index (χ4v) is 4.07. The molecule has 0 unspecified atom stereocenters. The molecule has 0 aliphatic carbocycles. The number of hydrogen-bond donors (Lipinski definition) is 1. The Kier molecular flexibility index (Phi) is 8.90. The van der Waals surface area contributed by atoms with Crippen molar-refractivity contribution in [2.75, 3.05) is 14.2 Å². The number of carboxylic acids is 1. The molecule has 0 atom stereocenters. The van der Waals surface area contributed by atoms with Crippen LogP contribution < -0.4 is 0 Å². The van der Waals surface area contributed by atoms with Crippen LogP contribution in [0.15, 0.2) is 42.7 Å². The van der Waals surface area contributed by atoms with E-state index in [1.165, 1.54) is 12.3 Å². The number of methoxy groups -OCH3 is 2. The number of nitrogens with zero attached hydrogens (tertiary/aromatic N) is 4. The van der Waals surface area contributed by atoms with Crippen molar-refractivity contribution in [1.29, 1.82) is 0 Å². The summed E-state index contributed by atoms with van der Waals surface area (Å²) >= 11 is 0. The van der Waals surface area contributed by atoms with E-state index >= 15 is 0 Å². The van der Waals surface area contributed by atoms with Gasteiger partial charge in [-0.25, -0.2) is 14.5 Å². The molecule has 182 valence electrons. The van der Waals surface area contributed by atoms with Crippen LogP contribution in [0, 0.1) is 0 Å². The Balaban J connectivity index is 1.90. The Morgan fingerprint density at radius 2 is 1.79 bits per heavy atom. The normalized spacial score (nSPS) is 11.6. The maximum atomic E-state index is 11.6. The van der Waals surface area contributed by atoms with Crippen LogP contribution in [0.4, 0.5) is 0 Å². The van der Waals surface area contributed by atoms with Gasteiger partial charge in [-0.05, 0) is 23.6 Å². The summed E-state index contributed by atoms with van der Waals surface area (Å²) in [5.41, 5.74) is 2.66. The van der Waals surface area contributed by atoms with Crippen LogP contribution in [0.5, 0.6) is 0 Å². The van der Waals surface area contributed by atoms with Crippen LogP contribution in [-0.2, 0) is 28.2 Å². The van der Waals surface area contributed by atoms with Gasteiger partial charge in [-0.2, -0.15) is 0 Å². The Hall–Kier alpha value is -3.10. The monoisotopic (exact) mass is 466 g/mol. The predicted molar refractivity (Wildman–Crippen MR) is 130 cm³/mol. The van der Waals surface area contributed by atoms with Crippen LogP contribution in [0.2, 0.25) is 0 Å². The van der Waals surface area contributed by atoms with Crippen molar-refractivity contribution in [1.82, 2.24) is 19.7 Å². The zero-order chi connectivity index (χ0) is 24.6. The van der Waals surface area contributed by atoms with Crippen LogP contribution >= 0.6 is 0 Å². The maximum absolute atomic E-state index is 11.6. The number of pyridine rings is 1. The molecular weight excluding hydrogens is 432 g/mol. The highest BCUT2D eigenvalue weighted by molar-refractivity contribution is 5.95. The third-order valence-corrected chi connectivity index (χ3v) is 5.98. The molecule has 3 rings (SSSR count). The predicted octanol–water partition coefficient (Wildman–Crippen LogP) is 5.07. The number of rotatable bonds is 13. The molecule has 0 saturated carbocycles. The summed E-state index contributed by atoms with van der Waals surface area (Å²) in [4.78, 5) is 20.5. The van der Waals surface area contributed by atoms with Crippen molar-refractivity contribution in [2.45, 2.75) is 64.7 Å². The second-order valence-electron chi connectivity index (χ2n) is 8.30. The quantitative estimate of drug-likeness (QED) is 0.277. The van der Waals surface area contributed by atoms with Crippen molar-refractivity contribution in [3.05, 3.63) is 65.5 Å². The summed E-state index contributed by atoms with van der Waals surface area (Å²) in [7, 11) is 3.25. The summed E-state index contributed by atoms with van der Waals surface area (Å²) in [6.07, 6.45) is 8.71. The lowest BCUT2D eigenvalue weighted by atomic mass is 10.0. The first-order valence-electron chi connectivity index (χ1n) is 11.8. The number of aryl methyl sites for hydroxylation is 1. The van der Waals surface area contributed by atoms with Gasteiger partial charge in [0.1, 0.15) is 5.82 Å². The Bertz CT molecular complexity index is 1070. The van der Waals surface area contributed by atoms with Gasteiger partial charge in [0.15, 0.2) is 0 Å². The summed E-state index contributed by atoms with van der Waals surface area (Å²) in [5, 5.41) is 14.3. The van der Waals surface area contributed by atoms with E-state index in [1.807, 2.05) is 28.9 Å². The zero-order valence-electron chi connectivity index (χ0n) is 20.5. The number of aromatic carboxylic acids is 1. The van der Waals surface area contributed by atoms with Gasteiger partial charge in [0, 0.05) is 45.0 Å². The highest BCUT2D eigenvalue weighted by Crippen LogP contribution is 2.30. The molecule has 8 nitrogen and oxygen atoms in total. The molecule has 0 bridgehead atoms. The molecular formula is C26H34N4O4. The summed E-state index contributed by atoms with van der Waals surface area (Å²) in [5.74, 6) is -0.483. The standard InChI is InChI=1S/C26H34N4O4/c1-5-7-8-9-23-28-25(26(33-3,34-4)15-6-2)29-30(23)18-19-10-12-20(13-11-19)22-17-27-16-14-21(22)24(31)32/h10-14,16-17H,5-9,15,18H2,1-4H3,(H,31,32). The highest BCUT2D eigenvalue weighted by Gasteiger charge is 2.36. The van der Waals surface area contributed by atoms with Crippen LogP contribution in [0.25, 0.3) is 11.1 Å². The fraction of sp³-hybridized carbons (Fsp3) is 0.462. The largest absolute Gasteiger partial charge is 0.478 e. The first-order chi connectivity index (χ1) is 16.5. The molecule has 0 radical (unpaired) electrons. The molecule has 0 aliphatic heterocycles. The lowest BCUT2D eigenvalue weighted by molar-refractivity contribution is -0.225. The molecule has 0 saturated heterocycles. The number of benzene rings is 1. The highest BCUT2D eigenvalue weighted by atomic mass is 16.7. The summed E-state index contributed by atoms with van der Waals surface area (Å²) in [6, 6.07) is 9.31. The van der Waals surface area contributed by atoms with Crippen LogP contribution in [-0.4, -0.2) is 45.0 Å². The van der Waals surface area contributed by atoms with Gasteiger partial charge >= 0.3 is 5.97 Å². The Labute approximate surface area is 201 Å². The van der Waals surface area contributed by atoms with Gasteiger partial charge < -0.3 is 14.6 Å². The van der Waals surface area contributed by atoms with E-state index in [0.717, 1.165) is 49.1 Å². The first kappa shape index (κ1) is 25.5. The minimum atomic E-state index is -0.972. The molecule has 0 aliphatic rings. The molecule has 1 N–H and O–H groups in total. The van der Waals surface area contributed by atoms with E-state index in [0.29, 0.717) is 24.4 Å². The fourth-order valence-electron chi connectivity index (χ4n) is 4.07. The molecule has 0 amide bonds. The van der Waals surface area contributed by atoms with Gasteiger partial charge in [0.05, 0.1) is 12.1 Å². The van der Waals surface area contributed by atoms with Gasteiger partial charge in [-0.1, -0.05) is 57.4 Å². The van der Waals surface area contributed by atoms with E-state index in [2.05, 4.69) is 18.8 Å². The molecule has 2 heterocycles. The lowest BCUT2D eigenvalue weighted by Crippen LogP contribution is -2.32. The third kappa shape index (κ3) is 5.69. The van der Waals surface area contributed by atoms with Crippen LogP contribution in [0.3, 0.4) is 0 Å². The molecule has 34 heavy (non-hydrogen) atoms. The summed E-state index contributed by atoms with van der Waals surface area (Å²) in [6.45, 7) is 4.80. The van der Waals surface area contributed by atoms with Gasteiger partial charge in [0.2, 0.25) is 11.6 Å². The zero-order valence-corrected chi connectivity index (χ0v) is 20.5. The Morgan fingerprint density at radius 1 is 1.06 bits per heavy atom. The van der Waals surface area contributed by atoms with E-state index < -0.39 is 11.8 Å². The molecule has 2 aromatic heterocycles. The number of carboxylic acid groups (broad SMARTS) is 1. The van der Waals surface area contributed by atoms with E-state index in [1.54, 1.807) is 20.4 Å². The van der Waals surface area contributed by atoms with Crippen molar-refractivity contribution in [3.63, 3.8) is 0 Å². The second kappa shape index (κ2) is 11.9. The number of hydrogen-bond acceptors (Lipinski definition) is 6. The topological polar surface area (TPSA) is 99.4 Å².